The number of carbonyl (C=O) groups is 9. The number of aliphatic carboxylic acids is 2. The largest absolute Gasteiger partial charge is 0.484 e. The summed E-state index contributed by atoms with van der Waals surface area (Å²) in [5.41, 5.74) is 8.79. The highest BCUT2D eigenvalue weighted by molar-refractivity contribution is 7.15. The van der Waals surface area contributed by atoms with Crippen LogP contribution < -0.4 is 31.7 Å². The smallest absolute Gasteiger partial charge is 0.306 e. The maximum Gasteiger partial charge on any atom is 0.306 e. The predicted molar refractivity (Wildman–Crippen MR) is 381 cm³/mol. The Kier molecular flexibility index (Phi) is 22.9. The molecule has 7 atom stereocenters. The minimum atomic E-state index is -1.34. The van der Waals surface area contributed by atoms with Gasteiger partial charge in [-0.2, -0.15) is 0 Å². The van der Waals surface area contributed by atoms with E-state index in [-0.39, 0.29) is 77.2 Å². The number of primary amides is 1. The molecule has 102 heavy (non-hydrogen) atoms. The number of aryl methyl sites for hydroxylation is 1. The molecule has 2 aromatic carbocycles. The summed E-state index contributed by atoms with van der Waals surface area (Å²) in [7, 11) is 0. The number of hydrogen-bond acceptors (Lipinski definition) is 25. The number of thiazole rings is 6. The number of hydrogen-bond donors (Lipinski definition) is 9. The number of carbonyl (C=O) groups excluding carboxylic acids is 7. The molecule has 33 heteroatoms. The fourth-order valence-corrected chi connectivity index (χ4v) is 17.8. The van der Waals surface area contributed by atoms with Gasteiger partial charge in [-0.15, -0.1) is 68.0 Å². The van der Waals surface area contributed by atoms with Crippen molar-refractivity contribution in [3.63, 3.8) is 0 Å². The van der Waals surface area contributed by atoms with Crippen LogP contribution in [0, 0.1) is 18.8 Å². The Morgan fingerprint density at radius 1 is 0.696 bits per heavy atom. The average molecular weight is 1500 g/mol. The Balaban J connectivity index is 0.893. The SMILES string of the molecule is Cc1sc2nc1C(=O)C[C@@H]([C@H](O)c1ccccc1)c1nc(cs1)C(=O)N[C@@H](Cc1ccc(OCC(=O)NCCCCCC(=O)O)cc1)C(=O)N1C[C@H](O)[C@H](C)[C@H]1c1nc(cs1)-c1nc(cs1)-c1nc(-c3nc(C(=O)NC4CCC(C(=O)O)CC4)cs3)ccc1-c1nc(cs1)C(=O)N[C@H]2CC(N)=O. The average Bonchev–Trinajstić information content (AvgIpc) is 1.62. The predicted octanol–water partition coefficient (Wildman–Crippen LogP) is 8.98. The lowest BCUT2D eigenvalue weighted by atomic mass is 9.86. The van der Waals surface area contributed by atoms with Crippen LogP contribution in [0.2, 0.25) is 0 Å². The molecule has 0 radical (unpaired) electrons. The fourth-order valence-electron chi connectivity index (χ4n) is 12.4. The summed E-state index contributed by atoms with van der Waals surface area (Å²) >= 11 is 6.92. The normalized spacial score (nSPS) is 20.5. The van der Waals surface area contributed by atoms with Gasteiger partial charge in [-0.1, -0.05) is 55.8 Å². The van der Waals surface area contributed by atoms with Gasteiger partial charge in [-0.25, -0.2) is 34.9 Å². The first kappa shape index (κ1) is 72.3. The standard InChI is InChI=1S/C69H69N13O14S6/c1-33-51(84)26-82-57(33)67-80-49(32-101-67)65-76-45(28-99-65)56-40(20-21-42(73-56)64-79-46(31-100-64)59(90)72-38-16-14-37(15-17-38)69(94)95)62-77-47(29-97-62)60(91)74-43(25-52(70)85)66-81-55(34(2)102-66)50(83)24-41(58(89)36-9-5-3-6-10-36)63-78-48(30-98-63)61(92)75-44(68(82)93)23-35-12-18-39(19-13-35)96-27-53(86)71-22-8-4-7-11-54(87)88/h3,5-6,9-10,12-13,18-21,28-33,37-38,41,43-44,51,57-58,84,89H,4,7-8,11,14-17,22-27H2,1-2H3,(H2,70,85)(H,71,86)(H,72,90)(H,74,91)(H,75,92)(H,87,88)(H,94,95)/t33-,37?,38?,41-,43-,44-,51-,57-,58+/m0/s1. The van der Waals surface area contributed by atoms with E-state index < -0.39 is 102 Å². The number of aromatic nitrogens is 7. The molecule has 7 aromatic heterocycles. The summed E-state index contributed by atoms with van der Waals surface area (Å²) in [6.45, 7) is 3.38. The number of amides is 6. The van der Waals surface area contributed by atoms with Crippen molar-refractivity contribution in [3.8, 4) is 49.1 Å². The molecule has 27 nitrogen and oxygen atoms in total. The number of carboxylic acids is 2. The van der Waals surface area contributed by atoms with Crippen LogP contribution in [-0.4, -0.2) is 151 Å². The van der Waals surface area contributed by atoms with E-state index in [9.17, 15) is 53.7 Å². The lowest BCUT2D eigenvalue weighted by Crippen LogP contribution is -2.50. The summed E-state index contributed by atoms with van der Waals surface area (Å²) in [4.78, 5) is 157. The number of nitrogens with one attached hydrogen (secondary N) is 4. The van der Waals surface area contributed by atoms with E-state index in [0.29, 0.717) is 122 Å². The van der Waals surface area contributed by atoms with Gasteiger partial charge in [0.2, 0.25) is 11.8 Å². The van der Waals surface area contributed by atoms with Gasteiger partial charge in [0.05, 0.1) is 47.3 Å². The number of nitrogens with zero attached hydrogens (tertiary/aromatic N) is 8. The number of benzene rings is 2. The van der Waals surface area contributed by atoms with Crippen molar-refractivity contribution >= 4 is 121 Å². The topological polar surface area (TPSA) is 411 Å². The van der Waals surface area contributed by atoms with Gasteiger partial charge in [0.15, 0.2) is 12.4 Å². The van der Waals surface area contributed by atoms with Gasteiger partial charge in [0, 0.05) is 87.6 Å². The van der Waals surface area contributed by atoms with Crippen LogP contribution in [0.3, 0.4) is 0 Å². The summed E-state index contributed by atoms with van der Waals surface area (Å²) in [6.07, 6.45) is 0.462. The number of aliphatic hydroxyl groups is 2. The maximum atomic E-state index is 15.5. The molecule has 10 bridgehead atoms. The van der Waals surface area contributed by atoms with Crippen molar-refractivity contribution in [2.75, 3.05) is 19.7 Å². The molecule has 1 aliphatic carbocycles. The maximum absolute atomic E-state index is 15.5. The van der Waals surface area contributed by atoms with Crippen LogP contribution in [0.15, 0.2) is 93.6 Å². The number of ether oxygens (including phenoxy) is 1. The van der Waals surface area contributed by atoms with E-state index >= 15 is 4.79 Å². The van der Waals surface area contributed by atoms with Gasteiger partial charge in [-0.05, 0) is 80.8 Å². The molecule has 3 aliphatic rings. The molecule has 2 aliphatic heterocycles. The first-order chi connectivity index (χ1) is 49.1. The van der Waals surface area contributed by atoms with Crippen LogP contribution >= 0.6 is 68.0 Å². The summed E-state index contributed by atoms with van der Waals surface area (Å²) in [5.74, 6) is -7.57. The summed E-state index contributed by atoms with van der Waals surface area (Å²) < 4.78 is 5.78. The van der Waals surface area contributed by atoms with E-state index in [2.05, 4.69) is 26.3 Å². The van der Waals surface area contributed by atoms with Gasteiger partial charge in [-0.3, -0.25) is 43.2 Å². The minimum Gasteiger partial charge on any atom is -0.484 e. The van der Waals surface area contributed by atoms with Crippen LogP contribution in [-0.2, 0) is 30.4 Å². The molecule has 0 spiro atoms. The molecular weight excluding hydrogens is 1430 g/mol. The van der Waals surface area contributed by atoms with E-state index in [1.54, 1.807) is 96.7 Å². The Labute approximate surface area is 607 Å². The van der Waals surface area contributed by atoms with Crippen molar-refractivity contribution in [1.29, 1.82) is 0 Å². The molecule has 0 unspecified atom stereocenters. The number of ketones is 1. The third kappa shape index (κ3) is 17.0. The number of nitrogens with two attached hydrogens (primary N) is 1. The van der Waals surface area contributed by atoms with Crippen molar-refractivity contribution in [2.24, 2.45) is 17.6 Å². The number of pyridine rings is 1. The number of aliphatic hydroxyl groups excluding tert-OH is 2. The Morgan fingerprint density at radius 3 is 2.11 bits per heavy atom. The highest BCUT2D eigenvalue weighted by Gasteiger charge is 2.46. The Hall–Kier alpha value is -9.48. The molecule has 530 valence electrons. The number of Topliss-reactive ketones (excluding diaryl/α,β-unsaturated/α-hetero) is 1. The Morgan fingerprint density at radius 2 is 1.36 bits per heavy atom. The second-order valence-electron chi connectivity index (χ2n) is 25.0. The monoisotopic (exact) mass is 1500 g/mol. The van der Waals surface area contributed by atoms with E-state index in [1.807, 2.05) is 0 Å². The summed E-state index contributed by atoms with van der Waals surface area (Å²) in [5, 5.41) is 64.1. The highest BCUT2D eigenvalue weighted by atomic mass is 32.1. The zero-order valence-electron chi connectivity index (χ0n) is 54.8. The van der Waals surface area contributed by atoms with Crippen LogP contribution in [0.1, 0.15) is 168 Å². The quantitative estimate of drug-likeness (QED) is 0.0341. The van der Waals surface area contributed by atoms with Crippen LogP contribution in [0.4, 0.5) is 0 Å². The molecule has 9 heterocycles. The third-order valence-corrected chi connectivity index (χ3v) is 23.5. The first-order valence-corrected chi connectivity index (χ1v) is 38.0. The van der Waals surface area contributed by atoms with Gasteiger partial charge >= 0.3 is 11.9 Å². The van der Waals surface area contributed by atoms with Crippen LogP contribution in [0.25, 0.3) is 43.4 Å². The number of rotatable bonds is 19. The Bertz CT molecular complexity index is 4600. The van der Waals surface area contributed by atoms with Gasteiger partial charge in [0.25, 0.3) is 23.6 Å². The second kappa shape index (κ2) is 32.2. The van der Waals surface area contributed by atoms with E-state index in [0.717, 1.165) is 34.0 Å². The molecule has 1 saturated heterocycles. The van der Waals surface area contributed by atoms with Crippen LogP contribution in [0.5, 0.6) is 5.75 Å². The lowest BCUT2D eigenvalue weighted by Gasteiger charge is -2.29. The first-order valence-electron chi connectivity index (χ1n) is 32.8. The van der Waals surface area contributed by atoms with Crippen molar-refractivity contribution in [3.05, 3.63) is 147 Å². The molecular formula is C69H69N13O14S6. The molecule has 6 amide bonds. The molecule has 9 aromatic rings. The van der Waals surface area contributed by atoms with Gasteiger partial charge in [0.1, 0.15) is 76.7 Å². The zero-order valence-corrected chi connectivity index (χ0v) is 59.7. The van der Waals surface area contributed by atoms with Crippen molar-refractivity contribution in [2.45, 2.75) is 127 Å². The number of unbranched alkanes of at least 4 members (excludes halogenated alkanes) is 2. The number of fused-ring (bicyclic) bond motifs is 16. The van der Waals surface area contributed by atoms with Gasteiger partial charge < -0.3 is 57.1 Å². The fraction of sp³-hybridized carbons (Fsp3) is 0.362. The third-order valence-electron chi connectivity index (χ3n) is 17.9. The molecule has 2 fully saturated rings. The summed E-state index contributed by atoms with van der Waals surface area (Å²) in [6, 6.07) is 15.2. The lowest BCUT2D eigenvalue weighted by molar-refractivity contribution is -0.143. The minimum absolute atomic E-state index is 0.000661. The van der Waals surface area contributed by atoms with Crippen molar-refractivity contribution in [1.82, 2.24) is 61.1 Å². The molecule has 10 N–H and O–H groups in total. The van der Waals surface area contributed by atoms with Crippen molar-refractivity contribution < 1.29 is 68.3 Å². The highest BCUT2D eigenvalue weighted by Crippen LogP contribution is 2.44. The number of carboxylic acid groups (broad SMARTS) is 2. The second-order valence-corrected chi connectivity index (χ2v) is 30.6. The van der Waals surface area contributed by atoms with E-state index in [4.69, 9.17) is 45.5 Å². The zero-order chi connectivity index (χ0) is 71.9. The van der Waals surface area contributed by atoms with E-state index in [1.165, 1.54) is 49.7 Å². The molecule has 1 saturated carbocycles. The molecule has 12 rings (SSSR count).